The number of ether oxygens (including phenoxy) is 4. The molecule has 4 aromatic rings. The van der Waals surface area contributed by atoms with Crippen LogP contribution in [0.25, 0.3) is 16.8 Å². The third-order valence-electron chi connectivity index (χ3n) is 5.25. The number of benzene rings is 2. The zero-order chi connectivity index (χ0) is 22.9. The highest BCUT2D eigenvalue weighted by Gasteiger charge is 2.16. The highest BCUT2D eigenvalue weighted by atomic mass is 16.7. The monoisotopic (exact) mass is 448 g/mol. The van der Waals surface area contributed by atoms with Gasteiger partial charge < -0.3 is 28.8 Å². The van der Waals surface area contributed by atoms with Gasteiger partial charge in [0.15, 0.2) is 23.0 Å². The first-order valence-corrected chi connectivity index (χ1v) is 10.1. The molecule has 2 aromatic carbocycles. The molecule has 10 heteroatoms. The van der Waals surface area contributed by atoms with Crippen LogP contribution in [0.1, 0.15) is 0 Å². The molecule has 10 nitrogen and oxygen atoms in total. The van der Waals surface area contributed by atoms with E-state index in [1.165, 1.54) is 15.3 Å². The van der Waals surface area contributed by atoms with Crippen LogP contribution in [0, 0.1) is 0 Å². The van der Waals surface area contributed by atoms with Gasteiger partial charge in [0.25, 0.3) is 5.56 Å². The van der Waals surface area contributed by atoms with Crippen molar-refractivity contribution < 1.29 is 23.7 Å². The van der Waals surface area contributed by atoms with Crippen molar-refractivity contribution in [2.45, 2.75) is 6.54 Å². The van der Waals surface area contributed by atoms with Crippen LogP contribution in [0.2, 0.25) is 0 Å². The number of nitrogens with one attached hydrogen (secondary N) is 1. The fraction of sp³-hybridized carbons (Fsp3) is 0.174. The average Bonchev–Trinajstić information content (AvgIpc) is 3.47. The van der Waals surface area contributed by atoms with E-state index < -0.39 is 0 Å². The summed E-state index contributed by atoms with van der Waals surface area (Å²) in [7, 11) is 3.12. The first-order chi connectivity index (χ1) is 16.1. The van der Waals surface area contributed by atoms with Gasteiger partial charge in [-0.2, -0.15) is 5.10 Å². The third-order valence-corrected chi connectivity index (χ3v) is 5.25. The highest BCUT2D eigenvalue weighted by Crippen LogP contribution is 2.34. The van der Waals surface area contributed by atoms with Crippen LogP contribution >= 0.6 is 0 Å². The molecular formula is C23H20N4O6. The molecule has 3 heterocycles. The van der Waals surface area contributed by atoms with Crippen molar-refractivity contribution in [3.8, 4) is 34.3 Å². The molecule has 5 rings (SSSR count). The van der Waals surface area contributed by atoms with Crippen LogP contribution in [0.5, 0.6) is 23.0 Å². The maximum atomic E-state index is 13.0. The van der Waals surface area contributed by atoms with Gasteiger partial charge in [0.1, 0.15) is 12.1 Å². The smallest absolute Gasteiger partial charge is 0.277 e. The minimum Gasteiger partial charge on any atom is -0.493 e. The molecule has 0 unspecified atom stereocenters. The molecule has 2 aromatic heterocycles. The maximum Gasteiger partial charge on any atom is 0.277 e. The maximum absolute atomic E-state index is 13.0. The van der Waals surface area contributed by atoms with E-state index in [9.17, 15) is 9.59 Å². The molecule has 1 amide bonds. The number of carbonyl (C=O) groups is 1. The van der Waals surface area contributed by atoms with Crippen molar-refractivity contribution in [3.05, 3.63) is 65.2 Å². The van der Waals surface area contributed by atoms with E-state index in [4.69, 9.17) is 18.9 Å². The van der Waals surface area contributed by atoms with E-state index in [0.29, 0.717) is 39.9 Å². The van der Waals surface area contributed by atoms with Gasteiger partial charge in [0.2, 0.25) is 12.7 Å². The quantitative estimate of drug-likeness (QED) is 0.483. The van der Waals surface area contributed by atoms with Crippen LogP contribution in [0.4, 0.5) is 5.69 Å². The molecule has 168 valence electrons. The average molecular weight is 448 g/mol. The molecule has 0 bridgehead atoms. The van der Waals surface area contributed by atoms with Crippen LogP contribution in [0.15, 0.2) is 59.7 Å². The van der Waals surface area contributed by atoms with Crippen LogP contribution in [0.3, 0.4) is 0 Å². The lowest BCUT2D eigenvalue weighted by Crippen LogP contribution is -2.28. The summed E-state index contributed by atoms with van der Waals surface area (Å²) in [5, 5.41) is 7.24. The molecule has 0 aliphatic carbocycles. The summed E-state index contributed by atoms with van der Waals surface area (Å²) in [5.74, 6) is 2.00. The normalized spacial score (nSPS) is 12.1. The topological polar surface area (TPSA) is 105 Å². The third kappa shape index (κ3) is 3.82. The second-order valence-corrected chi connectivity index (χ2v) is 7.28. The lowest BCUT2D eigenvalue weighted by Gasteiger charge is -2.08. The van der Waals surface area contributed by atoms with Gasteiger partial charge in [-0.3, -0.25) is 9.59 Å². The standard InChI is InChI=1S/C23H20N4O6/c1-30-18-5-3-14(9-20(18)31-2)16-11-17-23(29)26(7-8-27(17)25-16)12-22(28)24-15-4-6-19-21(10-15)33-13-32-19/h3-11H,12-13H2,1-2H3,(H,24,28). The number of nitrogens with zero attached hydrogens (tertiary/aromatic N) is 3. The van der Waals surface area contributed by atoms with Crippen molar-refractivity contribution in [1.29, 1.82) is 0 Å². The Labute approximate surface area is 187 Å². The van der Waals surface area contributed by atoms with Crippen molar-refractivity contribution in [3.63, 3.8) is 0 Å². The van der Waals surface area contributed by atoms with E-state index in [-0.39, 0.29) is 24.8 Å². The molecule has 0 spiro atoms. The summed E-state index contributed by atoms with van der Waals surface area (Å²) in [6.07, 6.45) is 3.16. The largest absolute Gasteiger partial charge is 0.493 e. The first-order valence-electron chi connectivity index (χ1n) is 10.1. The number of hydrogen-bond donors (Lipinski definition) is 1. The SMILES string of the molecule is COc1ccc(-c2cc3c(=O)n(CC(=O)Nc4ccc5c(c4)OCO5)ccn3n2)cc1OC. The predicted molar refractivity (Wildman–Crippen MR) is 119 cm³/mol. The number of hydrogen-bond acceptors (Lipinski definition) is 7. The summed E-state index contributed by atoms with van der Waals surface area (Å²) >= 11 is 0. The molecule has 1 N–H and O–H groups in total. The first kappa shape index (κ1) is 20.4. The number of methoxy groups -OCH3 is 2. The van der Waals surface area contributed by atoms with Gasteiger partial charge in [-0.1, -0.05) is 0 Å². The van der Waals surface area contributed by atoms with Gasteiger partial charge >= 0.3 is 0 Å². The Hall–Kier alpha value is -4.47. The predicted octanol–water partition coefficient (Wildman–Crippen LogP) is 2.55. The fourth-order valence-corrected chi connectivity index (χ4v) is 3.62. The Kier molecular flexibility index (Phi) is 5.09. The summed E-state index contributed by atoms with van der Waals surface area (Å²) in [6, 6.07) is 12.2. The van der Waals surface area contributed by atoms with E-state index in [1.54, 1.807) is 56.8 Å². The molecule has 0 fully saturated rings. The number of rotatable bonds is 6. The number of amides is 1. The van der Waals surface area contributed by atoms with E-state index in [2.05, 4.69) is 10.4 Å². The van der Waals surface area contributed by atoms with E-state index in [0.717, 1.165) is 5.56 Å². The Bertz CT molecular complexity index is 1420. The van der Waals surface area contributed by atoms with Crippen molar-refractivity contribution in [2.75, 3.05) is 26.3 Å². The van der Waals surface area contributed by atoms with Crippen molar-refractivity contribution in [2.24, 2.45) is 0 Å². The van der Waals surface area contributed by atoms with Gasteiger partial charge in [-0.05, 0) is 36.4 Å². The van der Waals surface area contributed by atoms with Crippen LogP contribution in [-0.2, 0) is 11.3 Å². The van der Waals surface area contributed by atoms with E-state index >= 15 is 0 Å². The molecule has 0 atom stereocenters. The highest BCUT2D eigenvalue weighted by molar-refractivity contribution is 5.91. The number of aromatic nitrogens is 3. The number of carbonyl (C=O) groups excluding carboxylic acids is 1. The van der Waals surface area contributed by atoms with Crippen molar-refractivity contribution >= 4 is 17.1 Å². The number of anilines is 1. The second kappa shape index (κ2) is 8.23. The van der Waals surface area contributed by atoms with Crippen LogP contribution < -0.4 is 29.8 Å². The van der Waals surface area contributed by atoms with Crippen molar-refractivity contribution in [1.82, 2.24) is 14.2 Å². The van der Waals surface area contributed by atoms with Gasteiger partial charge in [-0.25, -0.2) is 4.52 Å². The zero-order valence-electron chi connectivity index (χ0n) is 17.9. The molecule has 33 heavy (non-hydrogen) atoms. The van der Waals surface area contributed by atoms with Gasteiger partial charge in [-0.15, -0.1) is 0 Å². The fourth-order valence-electron chi connectivity index (χ4n) is 3.62. The molecule has 0 saturated carbocycles. The summed E-state index contributed by atoms with van der Waals surface area (Å²) in [4.78, 5) is 25.5. The molecule has 0 saturated heterocycles. The number of fused-ring (bicyclic) bond motifs is 2. The Morgan fingerprint density at radius 2 is 1.85 bits per heavy atom. The van der Waals surface area contributed by atoms with Gasteiger partial charge in [0, 0.05) is 29.7 Å². The lowest BCUT2D eigenvalue weighted by molar-refractivity contribution is -0.116. The summed E-state index contributed by atoms with van der Waals surface area (Å²) in [6.45, 7) is -0.000563. The molecule has 1 aliphatic rings. The molecular weight excluding hydrogens is 428 g/mol. The molecule has 0 radical (unpaired) electrons. The summed E-state index contributed by atoms with van der Waals surface area (Å²) in [5.41, 5.74) is 1.92. The molecule has 1 aliphatic heterocycles. The van der Waals surface area contributed by atoms with Gasteiger partial charge in [0.05, 0.1) is 19.9 Å². The zero-order valence-corrected chi connectivity index (χ0v) is 17.9. The second-order valence-electron chi connectivity index (χ2n) is 7.28. The lowest BCUT2D eigenvalue weighted by atomic mass is 10.1. The Morgan fingerprint density at radius 1 is 1.03 bits per heavy atom. The van der Waals surface area contributed by atoms with E-state index in [1.807, 2.05) is 6.07 Å². The Balaban J connectivity index is 1.38. The Morgan fingerprint density at radius 3 is 2.67 bits per heavy atom. The minimum atomic E-state index is -0.347. The van der Waals surface area contributed by atoms with Crippen LogP contribution in [-0.4, -0.2) is 41.1 Å². The summed E-state index contributed by atoms with van der Waals surface area (Å²) < 4.78 is 24.0. The minimum absolute atomic E-state index is 0.152.